The van der Waals surface area contributed by atoms with E-state index in [1.807, 2.05) is 0 Å². The summed E-state index contributed by atoms with van der Waals surface area (Å²) < 4.78 is 11.0. The zero-order valence-corrected chi connectivity index (χ0v) is 20.9. The van der Waals surface area contributed by atoms with Gasteiger partial charge in [0.05, 0.1) is 6.10 Å². The molecule has 2 rings (SSSR count). The fraction of sp³-hybridized carbons (Fsp3) is 0.905. The van der Waals surface area contributed by atoms with Gasteiger partial charge in [0.2, 0.25) is 5.91 Å². The first kappa shape index (κ1) is 26.4. The third-order valence-electron chi connectivity index (χ3n) is 5.72. The number of aliphatic imine (C=N–C) groups is 1. The number of piperidine rings is 1. The van der Waals surface area contributed by atoms with Gasteiger partial charge in [-0.15, -0.1) is 24.0 Å². The van der Waals surface area contributed by atoms with Crippen LogP contribution >= 0.6 is 24.0 Å². The lowest BCUT2D eigenvalue weighted by Gasteiger charge is -2.35. The average molecular weight is 524 g/mol. The van der Waals surface area contributed by atoms with Gasteiger partial charge in [-0.1, -0.05) is 19.3 Å². The van der Waals surface area contributed by atoms with Gasteiger partial charge in [0.15, 0.2) is 5.96 Å². The van der Waals surface area contributed by atoms with Crippen LogP contribution in [0.5, 0.6) is 0 Å². The molecule has 29 heavy (non-hydrogen) atoms. The summed E-state index contributed by atoms with van der Waals surface area (Å²) in [7, 11) is 5.28. The van der Waals surface area contributed by atoms with Crippen molar-refractivity contribution in [2.75, 3.05) is 60.6 Å². The van der Waals surface area contributed by atoms with Crippen molar-refractivity contribution >= 4 is 35.8 Å². The van der Waals surface area contributed by atoms with Crippen molar-refractivity contribution in [2.24, 2.45) is 10.9 Å². The van der Waals surface area contributed by atoms with Crippen molar-refractivity contribution < 1.29 is 14.3 Å². The van der Waals surface area contributed by atoms with E-state index in [1.54, 1.807) is 26.1 Å². The van der Waals surface area contributed by atoms with Gasteiger partial charge in [0, 0.05) is 54.1 Å². The number of hydrogen-bond acceptors (Lipinski definition) is 4. The minimum atomic E-state index is 0. The molecule has 1 saturated heterocycles. The Morgan fingerprint density at radius 2 is 1.79 bits per heavy atom. The molecule has 2 fully saturated rings. The predicted molar refractivity (Wildman–Crippen MR) is 128 cm³/mol. The summed E-state index contributed by atoms with van der Waals surface area (Å²) in [6.45, 7) is 4.51. The molecule has 0 atom stereocenters. The maximum atomic E-state index is 12.0. The van der Waals surface area contributed by atoms with Gasteiger partial charge in [-0.3, -0.25) is 4.79 Å². The lowest BCUT2D eigenvalue weighted by molar-refractivity contribution is -0.127. The second-order valence-corrected chi connectivity index (χ2v) is 8.22. The van der Waals surface area contributed by atoms with Crippen LogP contribution in [0, 0.1) is 5.92 Å². The minimum Gasteiger partial charge on any atom is -0.385 e. The summed E-state index contributed by atoms with van der Waals surface area (Å²) in [5.74, 6) is 1.65. The Morgan fingerprint density at radius 3 is 2.41 bits per heavy atom. The van der Waals surface area contributed by atoms with Crippen LogP contribution in [0.15, 0.2) is 4.99 Å². The van der Waals surface area contributed by atoms with Crippen LogP contribution in [0.3, 0.4) is 0 Å². The minimum absolute atomic E-state index is 0. The van der Waals surface area contributed by atoms with Crippen molar-refractivity contribution in [1.29, 1.82) is 0 Å². The molecule has 0 spiro atoms. The molecule has 0 aromatic rings. The van der Waals surface area contributed by atoms with E-state index < -0.39 is 0 Å². The van der Waals surface area contributed by atoms with E-state index >= 15 is 0 Å². The normalized spacial score (nSPS) is 19.0. The number of guanidine groups is 1. The molecule has 8 heteroatoms. The van der Waals surface area contributed by atoms with E-state index in [0.29, 0.717) is 6.10 Å². The molecule has 1 N–H and O–H groups in total. The molecule has 7 nitrogen and oxygen atoms in total. The Morgan fingerprint density at radius 1 is 1.10 bits per heavy atom. The number of nitrogens with zero attached hydrogens (tertiary/aromatic N) is 3. The van der Waals surface area contributed by atoms with Crippen molar-refractivity contribution in [3.63, 3.8) is 0 Å². The molecule has 1 heterocycles. The largest absolute Gasteiger partial charge is 0.385 e. The first-order valence-corrected chi connectivity index (χ1v) is 10.9. The van der Waals surface area contributed by atoms with Crippen molar-refractivity contribution in [2.45, 2.75) is 57.5 Å². The number of nitrogens with one attached hydrogen (secondary N) is 1. The SMILES string of the molecule is COCCCOC1CCN(C(=NCC(=O)N(C)C)NCC2CCCCC2)CC1.I. The Labute approximate surface area is 194 Å². The van der Waals surface area contributed by atoms with Gasteiger partial charge < -0.3 is 24.6 Å². The van der Waals surface area contributed by atoms with Gasteiger partial charge in [-0.05, 0) is 38.0 Å². The molecule has 0 bridgehead atoms. The quantitative estimate of drug-likeness (QED) is 0.218. The van der Waals surface area contributed by atoms with E-state index in [-0.39, 0.29) is 36.4 Å². The Hall–Kier alpha value is -0.610. The van der Waals surface area contributed by atoms with E-state index in [1.165, 1.54) is 32.1 Å². The fourth-order valence-corrected chi connectivity index (χ4v) is 3.87. The topological polar surface area (TPSA) is 66.4 Å². The molecule has 0 unspecified atom stereocenters. The lowest BCUT2D eigenvalue weighted by atomic mass is 9.89. The highest BCUT2D eigenvalue weighted by atomic mass is 127. The summed E-state index contributed by atoms with van der Waals surface area (Å²) in [4.78, 5) is 20.5. The van der Waals surface area contributed by atoms with Crippen LogP contribution in [0.25, 0.3) is 0 Å². The maximum Gasteiger partial charge on any atom is 0.243 e. The Balaban J connectivity index is 0.00000420. The number of amides is 1. The molecular weight excluding hydrogens is 483 g/mol. The monoisotopic (exact) mass is 524 g/mol. The number of ether oxygens (including phenoxy) is 2. The summed E-state index contributed by atoms with van der Waals surface area (Å²) in [6, 6.07) is 0. The zero-order valence-electron chi connectivity index (χ0n) is 18.5. The molecule has 1 amide bonds. The summed E-state index contributed by atoms with van der Waals surface area (Å²) in [6.07, 6.45) is 9.90. The number of halogens is 1. The molecule has 0 aromatic heterocycles. The maximum absolute atomic E-state index is 12.0. The molecule has 1 aliphatic heterocycles. The Kier molecular flexibility index (Phi) is 13.9. The van der Waals surface area contributed by atoms with Gasteiger partial charge in [0.1, 0.15) is 6.54 Å². The van der Waals surface area contributed by atoms with Gasteiger partial charge in [-0.2, -0.15) is 0 Å². The molecular formula is C21H41IN4O3. The fourth-order valence-electron chi connectivity index (χ4n) is 3.87. The number of methoxy groups -OCH3 is 1. The first-order valence-electron chi connectivity index (χ1n) is 10.9. The second-order valence-electron chi connectivity index (χ2n) is 8.22. The van der Waals surface area contributed by atoms with E-state index in [2.05, 4.69) is 15.2 Å². The van der Waals surface area contributed by atoms with Crippen LogP contribution in [-0.4, -0.2) is 88.4 Å². The van der Waals surface area contributed by atoms with Crippen molar-refractivity contribution in [3.8, 4) is 0 Å². The smallest absolute Gasteiger partial charge is 0.243 e. The van der Waals surface area contributed by atoms with E-state index in [0.717, 1.165) is 64.0 Å². The number of rotatable bonds is 9. The third kappa shape index (κ3) is 10.3. The first-order chi connectivity index (χ1) is 13.6. The Bertz CT molecular complexity index is 477. The number of hydrogen-bond donors (Lipinski definition) is 1. The van der Waals surface area contributed by atoms with Crippen LogP contribution < -0.4 is 5.32 Å². The lowest BCUT2D eigenvalue weighted by Crippen LogP contribution is -2.48. The number of carbonyl (C=O) groups excluding carboxylic acids is 1. The van der Waals surface area contributed by atoms with Crippen molar-refractivity contribution in [1.82, 2.24) is 15.1 Å². The average Bonchev–Trinajstić information content (AvgIpc) is 2.72. The highest BCUT2D eigenvalue weighted by Crippen LogP contribution is 2.23. The molecule has 2 aliphatic rings. The standard InChI is InChI=1S/C21H40N4O3.HI/c1-24(2)20(26)17-23-21(22-16-18-8-5-4-6-9-18)25-12-10-19(11-13-25)28-15-7-14-27-3;/h18-19H,4-17H2,1-3H3,(H,22,23);1H. The number of carbonyl (C=O) groups is 1. The third-order valence-corrected chi connectivity index (χ3v) is 5.72. The van der Waals surface area contributed by atoms with Crippen LogP contribution in [0.2, 0.25) is 0 Å². The molecule has 0 radical (unpaired) electrons. The van der Waals surface area contributed by atoms with Crippen LogP contribution in [0.1, 0.15) is 51.4 Å². The van der Waals surface area contributed by atoms with Crippen molar-refractivity contribution in [3.05, 3.63) is 0 Å². The highest BCUT2D eigenvalue weighted by molar-refractivity contribution is 14.0. The summed E-state index contributed by atoms with van der Waals surface area (Å²) in [5, 5.41) is 3.58. The van der Waals surface area contributed by atoms with Crippen LogP contribution in [0.4, 0.5) is 0 Å². The highest BCUT2D eigenvalue weighted by Gasteiger charge is 2.23. The summed E-state index contributed by atoms with van der Waals surface area (Å²) in [5.41, 5.74) is 0. The molecule has 1 saturated carbocycles. The molecule has 0 aromatic carbocycles. The molecule has 170 valence electrons. The number of likely N-dealkylation sites (N-methyl/N-ethyl adjacent to an activating group) is 1. The second kappa shape index (κ2) is 15.2. The number of likely N-dealkylation sites (tertiary alicyclic amines) is 1. The van der Waals surface area contributed by atoms with Gasteiger partial charge >= 0.3 is 0 Å². The van der Waals surface area contributed by atoms with Gasteiger partial charge in [0.25, 0.3) is 0 Å². The van der Waals surface area contributed by atoms with E-state index in [4.69, 9.17) is 9.47 Å². The van der Waals surface area contributed by atoms with Crippen LogP contribution in [-0.2, 0) is 14.3 Å². The van der Waals surface area contributed by atoms with Gasteiger partial charge in [-0.25, -0.2) is 4.99 Å². The summed E-state index contributed by atoms with van der Waals surface area (Å²) >= 11 is 0. The predicted octanol–water partition coefficient (Wildman–Crippen LogP) is 2.74. The zero-order chi connectivity index (χ0) is 20.2. The van der Waals surface area contributed by atoms with E-state index in [9.17, 15) is 4.79 Å². The molecule has 1 aliphatic carbocycles.